The first-order valence-electron chi connectivity index (χ1n) is 10.9. The van der Waals surface area contributed by atoms with Crippen LogP contribution in [0.25, 0.3) is 0 Å². The lowest BCUT2D eigenvalue weighted by atomic mass is 10.1. The molecule has 1 aromatic rings. The highest BCUT2D eigenvalue weighted by molar-refractivity contribution is 4.84. The van der Waals surface area contributed by atoms with Crippen LogP contribution in [0, 0.1) is 0 Å². The normalized spacial score (nSPS) is 11.3. The molecule has 1 heterocycles. The van der Waals surface area contributed by atoms with Crippen LogP contribution < -0.4 is 4.57 Å². The Morgan fingerprint density at radius 1 is 0.708 bits per heavy atom. The SMILES string of the molecule is CCCCCCCCCn1cc[n+](CCCCCC)c1CCCC. The van der Waals surface area contributed by atoms with E-state index in [2.05, 4.69) is 42.3 Å². The van der Waals surface area contributed by atoms with Crippen LogP contribution >= 0.6 is 0 Å². The van der Waals surface area contributed by atoms with E-state index in [4.69, 9.17) is 0 Å². The van der Waals surface area contributed by atoms with E-state index in [1.807, 2.05) is 0 Å². The third-order valence-corrected chi connectivity index (χ3v) is 5.10. The van der Waals surface area contributed by atoms with Crippen molar-refractivity contribution in [3.63, 3.8) is 0 Å². The quantitative estimate of drug-likeness (QED) is 0.242. The van der Waals surface area contributed by atoms with E-state index >= 15 is 0 Å². The second-order valence-electron chi connectivity index (χ2n) is 7.39. The minimum Gasteiger partial charge on any atom is -0.234 e. The van der Waals surface area contributed by atoms with Crippen molar-refractivity contribution < 1.29 is 4.57 Å². The summed E-state index contributed by atoms with van der Waals surface area (Å²) in [7, 11) is 0. The molecule has 0 N–H and O–H groups in total. The number of hydrogen-bond acceptors (Lipinski definition) is 0. The molecule has 0 aliphatic heterocycles. The van der Waals surface area contributed by atoms with Gasteiger partial charge in [0.2, 0.25) is 0 Å². The Hall–Kier alpha value is -0.790. The second kappa shape index (κ2) is 14.5. The highest BCUT2D eigenvalue weighted by Crippen LogP contribution is 2.10. The molecule has 0 saturated carbocycles. The Balaban J connectivity index is 2.39. The van der Waals surface area contributed by atoms with Gasteiger partial charge in [0.05, 0.1) is 13.1 Å². The van der Waals surface area contributed by atoms with Crippen LogP contribution in [0.2, 0.25) is 0 Å². The zero-order valence-electron chi connectivity index (χ0n) is 16.9. The molecular weight excluding hydrogens is 292 g/mol. The molecule has 0 aliphatic carbocycles. The van der Waals surface area contributed by atoms with E-state index < -0.39 is 0 Å². The highest BCUT2D eigenvalue weighted by Gasteiger charge is 2.15. The summed E-state index contributed by atoms with van der Waals surface area (Å²) in [4.78, 5) is 0. The monoisotopic (exact) mass is 335 g/mol. The van der Waals surface area contributed by atoms with Crippen LogP contribution in [-0.4, -0.2) is 4.57 Å². The molecule has 0 fully saturated rings. The summed E-state index contributed by atoms with van der Waals surface area (Å²) in [5.41, 5.74) is 0. The third-order valence-electron chi connectivity index (χ3n) is 5.10. The molecule has 0 aliphatic rings. The molecule has 0 aromatic carbocycles. The first-order chi connectivity index (χ1) is 11.8. The van der Waals surface area contributed by atoms with Gasteiger partial charge in [0.25, 0.3) is 5.82 Å². The maximum Gasteiger partial charge on any atom is 0.256 e. The van der Waals surface area contributed by atoms with Crippen molar-refractivity contribution in [2.75, 3.05) is 0 Å². The fraction of sp³-hybridized carbons (Fsp3) is 0.864. The lowest BCUT2D eigenvalue weighted by Crippen LogP contribution is -2.37. The number of aromatic nitrogens is 2. The number of nitrogens with zero attached hydrogens (tertiary/aromatic N) is 2. The van der Waals surface area contributed by atoms with Gasteiger partial charge in [0, 0.05) is 6.42 Å². The Morgan fingerprint density at radius 2 is 1.29 bits per heavy atom. The maximum atomic E-state index is 2.54. The van der Waals surface area contributed by atoms with Crippen LogP contribution in [0.3, 0.4) is 0 Å². The van der Waals surface area contributed by atoms with Crippen molar-refractivity contribution in [1.29, 1.82) is 0 Å². The predicted molar refractivity (Wildman–Crippen MR) is 105 cm³/mol. The molecule has 0 radical (unpaired) electrons. The average molecular weight is 336 g/mol. The van der Waals surface area contributed by atoms with Gasteiger partial charge < -0.3 is 0 Å². The van der Waals surface area contributed by atoms with E-state index in [9.17, 15) is 0 Å². The lowest BCUT2D eigenvalue weighted by Gasteiger charge is -2.06. The molecule has 2 heteroatoms. The molecule has 0 spiro atoms. The van der Waals surface area contributed by atoms with Crippen LogP contribution in [0.4, 0.5) is 0 Å². The summed E-state index contributed by atoms with van der Waals surface area (Å²) in [6.45, 7) is 9.31. The van der Waals surface area contributed by atoms with Crippen LogP contribution in [0.1, 0.15) is 110 Å². The number of rotatable bonds is 16. The fourth-order valence-corrected chi connectivity index (χ4v) is 3.48. The van der Waals surface area contributed by atoms with Gasteiger partial charge in [-0.2, -0.15) is 0 Å². The standard InChI is InChI=1S/C22H43N2/c1-4-7-10-12-13-14-16-19-24-21-20-23(18-15-11-8-5-2)22(24)17-9-6-3/h20-21H,4-19H2,1-3H3/q+1. The summed E-state index contributed by atoms with van der Waals surface area (Å²) < 4.78 is 5.08. The Bertz CT molecular complexity index is 395. The number of unbranched alkanes of at least 4 members (excludes halogenated alkanes) is 10. The maximum absolute atomic E-state index is 2.54. The molecule has 0 atom stereocenters. The fourth-order valence-electron chi connectivity index (χ4n) is 3.48. The molecule has 0 saturated heterocycles. The largest absolute Gasteiger partial charge is 0.256 e. The predicted octanol–water partition coefficient (Wildman–Crippen LogP) is 6.45. The van der Waals surface area contributed by atoms with E-state index in [-0.39, 0.29) is 0 Å². The van der Waals surface area contributed by atoms with Gasteiger partial charge in [0.1, 0.15) is 12.4 Å². The molecule has 1 aromatic heterocycles. The van der Waals surface area contributed by atoms with Gasteiger partial charge >= 0.3 is 0 Å². The summed E-state index contributed by atoms with van der Waals surface area (Å²) >= 11 is 0. The van der Waals surface area contributed by atoms with Crippen molar-refractivity contribution in [3.05, 3.63) is 18.2 Å². The van der Waals surface area contributed by atoms with Gasteiger partial charge in [-0.15, -0.1) is 0 Å². The van der Waals surface area contributed by atoms with Crippen molar-refractivity contribution >= 4 is 0 Å². The molecule has 0 unspecified atom stereocenters. The summed E-state index contributed by atoms with van der Waals surface area (Å²) in [6.07, 6.45) is 23.7. The summed E-state index contributed by atoms with van der Waals surface area (Å²) in [6, 6.07) is 0. The van der Waals surface area contributed by atoms with Crippen molar-refractivity contribution in [3.8, 4) is 0 Å². The first-order valence-corrected chi connectivity index (χ1v) is 10.9. The number of aryl methyl sites for hydroxylation is 2. The molecule has 140 valence electrons. The lowest BCUT2D eigenvalue weighted by molar-refractivity contribution is -0.704. The zero-order valence-corrected chi connectivity index (χ0v) is 16.9. The van der Waals surface area contributed by atoms with Crippen molar-refractivity contribution in [2.45, 2.75) is 124 Å². The van der Waals surface area contributed by atoms with Gasteiger partial charge in [-0.1, -0.05) is 72.1 Å². The molecule has 24 heavy (non-hydrogen) atoms. The Kier molecular flexibility index (Phi) is 12.9. The second-order valence-corrected chi connectivity index (χ2v) is 7.39. The topological polar surface area (TPSA) is 8.81 Å². The molecule has 0 amide bonds. The average Bonchev–Trinajstić information content (AvgIpc) is 2.98. The molecule has 1 rings (SSSR count). The summed E-state index contributed by atoms with van der Waals surface area (Å²) in [5, 5.41) is 0. The van der Waals surface area contributed by atoms with E-state index in [0.717, 1.165) is 0 Å². The van der Waals surface area contributed by atoms with Crippen molar-refractivity contribution in [2.24, 2.45) is 0 Å². The molecule has 2 nitrogen and oxygen atoms in total. The van der Waals surface area contributed by atoms with Crippen LogP contribution in [0.15, 0.2) is 12.4 Å². The van der Waals surface area contributed by atoms with E-state index in [1.54, 1.807) is 5.82 Å². The smallest absolute Gasteiger partial charge is 0.234 e. The van der Waals surface area contributed by atoms with E-state index in [0.29, 0.717) is 0 Å². The van der Waals surface area contributed by atoms with Crippen LogP contribution in [0.5, 0.6) is 0 Å². The molecule has 0 bridgehead atoms. The number of imidazole rings is 1. The van der Waals surface area contributed by atoms with Crippen molar-refractivity contribution in [1.82, 2.24) is 4.57 Å². The van der Waals surface area contributed by atoms with Crippen LogP contribution in [-0.2, 0) is 19.5 Å². The minimum atomic E-state index is 1.21. The highest BCUT2D eigenvalue weighted by atomic mass is 15.1. The number of hydrogen-bond donors (Lipinski definition) is 0. The van der Waals surface area contributed by atoms with Gasteiger partial charge in [-0.3, -0.25) is 0 Å². The minimum absolute atomic E-state index is 1.21. The third kappa shape index (κ3) is 8.89. The Labute approximate surface area is 151 Å². The Morgan fingerprint density at radius 3 is 1.96 bits per heavy atom. The van der Waals surface area contributed by atoms with Gasteiger partial charge in [-0.05, 0) is 32.1 Å². The molecular formula is C22H43N2+. The van der Waals surface area contributed by atoms with E-state index in [1.165, 1.54) is 103 Å². The summed E-state index contributed by atoms with van der Waals surface area (Å²) in [5.74, 6) is 1.57. The van der Waals surface area contributed by atoms with Gasteiger partial charge in [-0.25, -0.2) is 9.13 Å². The van der Waals surface area contributed by atoms with Gasteiger partial charge in [0.15, 0.2) is 0 Å². The zero-order chi connectivity index (χ0) is 17.5. The first kappa shape index (κ1) is 21.3.